The van der Waals surface area contributed by atoms with Crippen LogP contribution in [0.1, 0.15) is 78.4 Å². The quantitative estimate of drug-likeness (QED) is 0.167. The third-order valence-electron chi connectivity index (χ3n) is 8.33. The molecule has 3 atom stereocenters. The van der Waals surface area contributed by atoms with Gasteiger partial charge in [0, 0.05) is 34.3 Å². The fourth-order valence-corrected chi connectivity index (χ4v) is 11.1. The molecule has 0 bridgehead atoms. The SMILES string of the molecule is CC(C)(C)P(C[c-]1cc(-c2ccccc2)cc1C(P)(C1CCCN1)C1CCCN1)C(C)(C)C.[Fe].[cH-]1[cH-][cH-][cH-][cH-]1. The molecular weight excluding hydrogens is 554 g/mol. The van der Waals surface area contributed by atoms with Gasteiger partial charge in [-0.1, -0.05) is 83.6 Å². The molecule has 2 aliphatic heterocycles. The molecule has 5 heteroatoms. The molecule has 3 aromatic carbocycles. The second-order valence-electron chi connectivity index (χ2n) is 13.2. The van der Waals surface area contributed by atoms with Crippen LogP contribution in [0.25, 0.3) is 11.1 Å². The number of nitrogens with one attached hydrogen (secondary N) is 2. The molecule has 39 heavy (non-hydrogen) atoms. The molecule has 2 nitrogen and oxygen atoms in total. The molecular formula is C34H50FeN2P2-6. The van der Waals surface area contributed by atoms with Crippen LogP contribution in [-0.4, -0.2) is 35.5 Å². The van der Waals surface area contributed by atoms with Gasteiger partial charge in [0.05, 0.1) is 0 Å². The topological polar surface area (TPSA) is 24.1 Å². The van der Waals surface area contributed by atoms with Crippen molar-refractivity contribution in [2.24, 2.45) is 0 Å². The van der Waals surface area contributed by atoms with E-state index in [0.717, 1.165) is 13.1 Å². The van der Waals surface area contributed by atoms with Gasteiger partial charge in [-0.25, -0.2) is 6.07 Å². The van der Waals surface area contributed by atoms with Crippen molar-refractivity contribution in [1.29, 1.82) is 0 Å². The Morgan fingerprint density at radius 1 is 0.821 bits per heavy atom. The smallest absolute Gasteiger partial charge is 0.0194 e. The van der Waals surface area contributed by atoms with Crippen molar-refractivity contribution in [3.8, 4) is 11.1 Å². The van der Waals surface area contributed by atoms with E-state index < -0.39 is 0 Å². The average Bonchev–Trinajstić information content (AvgIpc) is 3.70. The van der Waals surface area contributed by atoms with Crippen LogP contribution in [0.4, 0.5) is 0 Å². The van der Waals surface area contributed by atoms with E-state index in [1.807, 2.05) is 30.3 Å². The van der Waals surface area contributed by atoms with Crippen molar-refractivity contribution in [1.82, 2.24) is 10.6 Å². The van der Waals surface area contributed by atoms with Crippen molar-refractivity contribution in [2.75, 3.05) is 13.1 Å². The number of benzene rings is 1. The van der Waals surface area contributed by atoms with E-state index >= 15 is 0 Å². The minimum atomic E-state index is -0.212. The summed E-state index contributed by atoms with van der Waals surface area (Å²) in [6, 6.07) is 27.1. The Bertz CT molecular complexity index is 1050. The van der Waals surface area contributed by atoms with Gasteiger partial charge in [0.2, 0.25) is 0 Å². The molecule has 2 saturated heterocycles. The summed E-state index contributed by atoms with van der Waals surface area (Å²) < 4.78 is 0. The van der Waals surface area contributed by atoms with Crippen LogP contribution in [0.3, 0.4) is 0 Å². The minimum absolute atomic E-state index is 0. The molecule has 0 aromatic heterocycles. The van der Waals surface area contributed by atoms with Gasteiger partial charge < -0.3 is 41.0 Å². The molecule has 0 spiro atoms. The van der Waals surface area contributed by atoms with Gasteiger partial charge in [-0.2, -0.15) is 17.2 Å². The second-order valence-corrected chi connectivity index (χ2v) is 18.0. The number of hydrogen-bond donors (Lipinski definition) is 2. The van der Waals surface area contributed by atoms with E-state index in [2.05, 4.69) is 104 Å². The summed E-state index contributed by atoms with van der Waals surface area (Å²) in [5.74, 6) is 0. The summed E-state index contributed by atoms with van der Waals surface area (Å²) in [6.45, 7) is 17.0. The Morgan fingerprint density at radius 3 is 1.72 bits per heavy atom. The standard InChI is InChI=1S/C29H45N2P2.C5H5.Fe/c1-27(2,3)33(28(4,5)6)20-23-18-22(21-12-8-7-9-13-21)19-24(23)29(32,25-14-10-16-30-25)26-15-11-17-31-26;1-2-4-5-3-1;/h7-9,12-13,18-19,25-26,30-31H,10-11,14-17,20,32H2,1-6H3;1-5H;/q-1;-5;. The van der Waals surface area contributed by atoms with Crippen molar-refractivity contribution in [2.45, 2.75) is 101 Å². The van der Waals surface area contributed by atoms with Crippen LogP contribution in [0.5, 0.6) is 0 Å². The zero-order valence-corrected chi connectivity index (χ0v) is 28.1. The first kappa shape index (κ1) is 32.7. The zero-order chi connectivity index (χ0) is 27.4. The van der Waals surface area contributed by atoms with Gasteiger partial charge in [-0.15, -0.1) is 22.7 Å². The second kappa shape index (κ2) is 13.9. The van der Waals surface area contributed by atoms with Gasteiger partial charge in [0.1, 0.15) is 0 Å². The maximum atomic E-state index is 3.91. The normalized spacial score (nSPS) is 21.2. The summed E-state index contributed by atoms with van der Waals surface area (Å²) in [5, 5.41) is 8.48. The molecule has 0 saturated carbocycles. The fourth-order valence-electron chi connectivity index (χ4n) is 6.66. The van der Waals surface area contributed by atoms with Crippen molar-refractivity contribution in [3.63, 3.8) is 0 Å². The minimum Gasteiger partial charge on any atom is -0.748 e. The molecule has 2 N–H and O–H groups in total. The summed E-state index contributed by atoms with van der Waals surface area (Å²) in [4.78, 5) is 0. The van der Waals surface area contributed by atoms with E-state index in [1.165, 1.54) is 43.0 Å². The van der Waals surface area contributed by atoms with Crippen LogP contribution in [0.15, 0.2) is 72.8 Å². The van der Waals surface area contributed by atoms with Gasteiger partial charge in [0.15, 0.2) is 0 Å². The monoisotopic (exact) mass is 604 g/mol. The van der Waals surface area contributed by atoms with Crippen LogP contribution in [-0.2, 0) is 28.4 Å². The first-order valence-electron chi connectivity index (χ1n) is 14.6. The zero-order valence-electron chi connectivity index (χ0n) is 24.9. The van der Waals surface area contributed by atoms with Crippen LogP contribution in [0, 0.1) is 0 Å². The molecule has 3 unspecified atom stereocenters. The van der Waals surface area contributed by atoms with E-state index in [-0.39, 0.29) is 30.1 Å². The fraction of sp³-hybridized carbons (Fsp3) is 0.529. The molecule has 2 heterocycles. The Balaban J connectivity index is 0.000000630. The average molecular weight is 605 g/mol. The third kappa shape index (κ3) is 7.95. The number of rotatable bonds is 6. The van der Waals surface area contributed by atoms with Gasteiger partial charge in [0.25, 0.3) is 0 Å². The molecule has 0 aliphatic carbocycles. The van der Waals surface area contributed by atoms with E-state index in [9.17, 15) is 0 Å². The summed E-state index contributed by atoms with van der Waals surface area (Å²) in [7, 11) is 3.20. The van der Waals surface area contributed by atoms with Gasteiger partial charge in [-0.05, 0) is 49.1 Å². The Kier molecular flexibility index (Phi) is 11.7. The predicted octanol–water partition coefficient (Wildman–Crippen LogP) is 8.63. The molecule has 2 aliphatic rings. The molecule has 2 fully saturated rings. The maximum absolute atomic E-state index is 3.91. The first-order valence-corrected chi connectivity index (χ1v) is 16.7. The van der Waals surface area contributed by atoms with Crippen molar-refractivity contribution < 1.29 is 17.1 Å². The molecule has 0 amide bonds. The summed E-state index contributed by atoms with van der Waals surface area (Å²) in [6.07, 6.45) is 6.29. The molecule has 3 aromatic rings. The molecule has 5 rings (SSSR count). The Labute approximate surface area is 253 Å². The predicted molar refractivity (Wildman–Crippen MR) is 173 cm³/mol. The third-order valence-corrected chi connectivity index (χ3v) is 13.3. The van der Waals surface area contributed by atoms with Crippen molar-refractivity contribution >= 4 is 17.2 Å². The Morgan fingerprint density at radius 2 is 1.31 bits per heavy atom. The van der Waals surface area contributed by atoms with Crippen LogP contribution >= 0.6 is 17.2 Å². The molecule has 0 radical (unpaired) electrons. The van der Waals surface area contributed by atoms with Crippen LogP contribution in [0.2, 0.25) is 0 Å². The van der Waals surface area contributed by atoms with Crippen LogP contribution < -0.4 is 10.6 Å². The maximum Gasteiger partial charge on any atom is 0.0194 e. The van der Waals surface area contributed by atoms with Gasteiger partial charge in [-0.3, -0.25) is 0 Å². The number of hydrogen-bond acceptors (Lipinski definition) is 2. The largest absolute Gasteiger partial charge is 0.748 e. The van der Waals surface area contributed by atoms with Crippen molar-refractivity contribution in [3.05, 3.63) is 83.9 Å². The van der Waals surface area contributed by atoms with E-state index in [1.54, 1.807) is 11.1 Å². The Hall–Kier alpha value is -0.781. The summed E-state index contributed by atoms with van der Waals surface area (Å²) in [5.41, 5.74) is 5.89. The van der Waals surface area contributed by atoms with Gasteiger partial charge >= 0.3 is 0 Å². The first-order chi connectivity index (χ1) is 18.0. The molecule has 220 valence electrons. The van der Waals surface area contributed by atoms with E-state index in [0.29, 0.717) is 22.4 Å². The van der Waals surface area contributed by atoms with E-state index in [4.69, 9.17) is 0 Å². The summed E-state index contributed by atoms with van der Waals surface area (Å²) >= 11 is 0.